The van der Waals surface area contributed by atoms with Crippen LogP contribution in [0.1, 0.15) is 0 Å². The van der Waals surface area contributed by atoms with Gasteiger partial charge in [-0.1, -0.05) is 0 Å². The van der Waals surface area contributed by atoms with E-state index in [0.717, 1.165) is 19.6 Å². The average molecular weight is 420 g/mol. The Morgan fingerprint density at radius 1 is 1.28 bits per heavy atom. The maximum Gasteiger partial charge on any atom is 0.251 e. The van der Waals surface area contributed by atoms with Gasteiger partial charge in [0.1, 0.15) is 11.5 Å². The number of morpholine rings is 1. The molecule has 3 rings (SSSR count). The van der Waals surface area contributed by atoms with Crippen molar-refractivity contribution in [2.45, 2.75) is 0 Å². The quantitative estimate of drug-likeness (QED) is 0.389. The molecule has 2 aliphatic heterocycles. The van der Waals surface area contributed by atoms with Crippen LogP contribution in [-0.2, 0) is 14.3 Å². The molecule has 1 aromatic rings. The number of ether oxygens (including phenoxy) is 3. The Bertz CT molecular complexity index is 810. The number of nitrogens with one attached hydrogen (secondary N) is 1. The molecule has 29 heavy (non-hydrogen) atoms. The van der Waals surface area contributed by atoms with Gasteiger partial charge >= 0.3 is 0 Å². The van der Waals surface area contributed by atoms with Crippen LogP contribution in [0.25, 0.3) is 0 Å². The summed E-state index contributed by atoms with van der Waals surface area (Å²) in [6.45, 7) is 4.37. The molecule has 2 amide bonds. The van der Waals surface area contributed by atoms with Gasteiger partial charge < -0.3 is 19.5 Å². The number of rotatable bonds is 7. The summed E-state index contributed by atoms with van der Waals surface area (Å²) in [7, 11) is 3.01. The summed E-state index contributed by atoms with van der Waals surface area (Å²) in [5.41, 5.74) is 0.397. The standard InChI is InChI=1S/C19H24N4O5S/c1-26-13-3-4-16(27-2)15(11-13)23-18(25)14(17(24)21-19(23)29)12-20-5-6-22-7-9-28-10-8-22/h3-4,11-12,14H,5-10H2,1-2H3,(H,21,24,29)/t14-/m1/s1. The van der Waals surface area contributed by atoms with E-state index in [2.05, 4.69) is 15.2 Å². The van der Waals surface area contributed by atoms with Crippen LogP contribution >= 0.6 is 12.2 Å². The van der Waals surface area contributed by atoms with Gasteiger partial charge in [-0.3, -0.25) is 24.4 Å². The van der Waals surface area contributed by atoms with Crippen LogP contribution < -0.4 is 19.7 Å². The third kappa shape index (κ3) is 4.89. The van der Waals surface area contributed by atoms with E-state index >= 15 is 0 Å². The van der Waals surface area contributed by atoms with Crippen molar-refractivity contribution in [3.8, 4) is 11.5 Å². The first-order chi connectivity index (χ1) is 14.0. The van der Waals surface area contributed by atoms with Crippen LogP contribution in [0.3, 0.4) is 0 Å². The molecule has 9 nitrogen and oxygen atoms in total. The second-order valence-corrected chi connectivity index (χ2v) is 6.88. The van der Waals surface area contributed by atoms with Crippen molar-refractivity contribution in [1.29, 1.82) is 0 Å². The molecule has 156 valence electrons. The molecule has 0 aromatic heterocycles. The fraction of sp³-hybridized carbons (Fsp3) is 0.474. The summed E-state index contributed by atoms with van der Waals surface area (Å²) < 4.78 is 15.9. The summed E-state index contributed by atoms with van der Waals surface area (Å²) in [6.07, 6.45) is 1.39. The van der Waals surface area contributed by atoms with E-state index in [4.69, 9.17) is 26.4 Å². The molecule has 2 heterocycles. The van der Waals surface area contributed by atoms with E-state index < -0.39 is 17.7 Å². The zero-order valence-electron chi connectivity index (χ0n) is 16.4. The minimum Gasteiger partial charge on any atom is -0.497 e. The van der Waals surface area contributed by atoms with E-state index in [1.54, 1.807) is 18.2 Å². The smallest absolute Gasteiger partial charge is 0.251 e. The third-order valence-electron chi connectivity index (χ3n) is 4.73. The zero-order chi connectivity index (χ0) is 20.8. The van der Waals surface area contributed by atoms with Crippen LogP contribution in [0, 0.1) is 5.92 Å². The Morgan fingerprint density at radius 3 is 2.72 bits per heavy atom. The second kappa shape index (κ2) is 9.77. The van der Waals surface area contributed by atoms with Crippen molar-refractivity contribution in [2.75, 3.05) is 58.5 Å². The lowest BCUT2D eigenvalue weighted by molar-refractivity contribution is -0.130. The molecule has 2 fully saturated rings. The molecule has 1 atom stereocenters. The van der Waals surface area contributed by atoms with Gasteiger partial charge in [0.15, 0.2) is 11.0 Å². The molecule has 0 bridgehead atoms. The Balaban J connectivity index is 1.75. The fourth-order valence-corrected chi connectivity index (χ4v) is 3.41. The minimum atomic E-state index is -1.07. The van der Waals surface area contributed by atoms with Gasteiger partial charge in [0.2, 0.25) is 5.91 Å². The normalized spacial score (nSPS) is 20.8. The molecule has 0 saturated carbocycles. The molecule has 0 spiro atoms. The largest absolute Gasteiger partial charge is 0.497 e. The fourth-order valence-electron chi connectivity index (χ4n) is 3.13. The number of amides is 2. The highest BCUT2D eigenvalue weighted by Crippen LogP contribution is 2.34. The van der Waals surface area contributed by atoms with Gasteiger partial charge in [0.25, 0.3) is 5.91 Å². The van der Waals surface area contributed by atoms with E-state index in [-0.39, 0.29) is 5.11 Å². The molecular formula is C19H24N4O5S. The lowest BCUT2D eigenvalue weighted by atomic mass is 10.1. The molecular weight excluding hydrogens is 396 g/mol. The molecule has 1 N–H and O–H groups in total. The van der Waals surface area contributed by atoms with Gasteiger partial charge in [-0.25, -0.2) is 0 Å². The summed E-state index contributed by atoms with van der Waals surface area (Å²) in [4.78, 5) is 33.2. The van der Waals surface area contributed by atoms with Gasteiger partial charge in [-0.05, 0) is 24.4 Å². The highest BCUT2D eigenvalue weighted by Gasteiger charge is 2.39. The number of carbonyl (C=O) groups excluding carboxylic acids is 2. The maximum atomic E-state index is 13.1. The lowest BCUT2D eigenvalue weighted by Crippen LogP contribution is -2.58. The number of thiocarbonyl (C=S) groups is 1. The van der Waals surface area contributed by atoms with Crippen LogP contribution in [0.15, 0.2) is 23.2 Å². The first kappa shape index (κ1) is 21.2. The minimum absolute atomic E-state index is 0.00970. The molecule has 1 aromatic carbocycles. The molecule has 2 saturated heterocycles. The zero-order valence-corrected chi connectivity index (χ0v) is 17.2. The second-order valence-electron chi connectivity index (χ2n) is 6.49. The Morgan fingerprint density at radius 2 is 2.03 bits per heavy atom. The van der Waals surface area contributed by atoms with Crippen LogP contribution in [-0.4, -0.2) is 81.7 Å². The highest BCUT2D eigenvalue weighted by atomic mass is 32.1. The summed E-state index contributed by atoms with van der Waals surface area (Å²) in [5, 5.41) is 2.56. The monoisotopic (exact) mass is 420 g/mol. The number of anilines is 1. The number of benzene rings is 1. The van der Waals surface area contributed by atoms with Gasteiger partial charge in [0.05, 0.1) is 39.7 Å². The summed E-state index contributed by atoms with van der Waals surface area (Å²) >= 11 is 5.24. The van der Waals surface area contributed by atoms with Gasteiger partial charge in [0, 0.05) is 31.9 Å². The SMILES string of the molecule is COc1ccc(OC)c(N2C(=O)[C@H](C=NCCN3CCOCC3)C(=O)NC2=S)c1. The number of hydrogen-bond donors (Lipinski definition) is 1. The average Bonchev–Trinajstić information content (AvgIpc) is 2.73. The topological polar surface area (TPSA) is 92.7 Å². The summed E-state index contributed by atoms with van der Waals surface area (Å²) in [6, 6.07) is 5.02. The van der Waals surface area contributed by atoms with Crippen molar-refractivity contribution in [3.63, 3.8) is 0 Å². The van der Waals surface area contributed by atoms with E-state index in [1.807, 2.05) is 0 Å². The Labute approximate surface area is 174 Å². The Hall–Kier alpha value is -2.56. The molecule has 0 radical (unpaired) electrons. The number of hydrogen-bond acceptors (Lipinski definition) is 8. The predicted molar refractivity (Wildman–Crippen MR) is 112 cm³/mol. The van der Waals surface area contributed by atoms with Gasteiger partial charge in [-0.15, -0.1) is 0 Å². The van der Waals surface area contributed by atoms with Crippen molar-refractivity contribution in [2.24, 2.45) is 10.9 Å². The predicted octanol–water partition coefficient (Wildman–Crippen LogP) is 0.471. The van der Waals surface area contributed by atoms with E-state index in [0.29, 0.717) is 36.9 Å². The number of carbonyl (C=O) groups is 2. The van der Waals surface area contributed by atoms with Crippen LogP contribution in [0.5, 0.6) is 11.5 Å². The summed E-state index contributed by atoms with van der Waals surface area (Å²) in [5.74, 6) is -1.08. The first-order valence-electron chi connectivity index (χ1n) is 9.26. The van der Waals surface area contributed by atoms with Crippen molar-refractivity contribution >= 4 is 41.0 Å². The van der Waals surface area contributed by atoms with E-state index in [1.165, 1.54) is 25.3 Å². The number of methoxy groups -OCH3 is 2. The highest BCUT2D eigenvalue weighted by molar-refractivity contribution is 7.80. The first-order valence-corrected chi connectivity index (χ1v) is 9.67. The lowest BCUT2D eigenvalue weighted by Gasteiger charge is -2.32. The van der Waals surface area contributed by atoms with Crippen LogP contribution in [0.4, 0.5) is 5.69 Å². The molecule has 2 aliphatic rings. The van der Waals surface area contributed by atoms with Crippen molar-refractivity contribution < 1.29 is 23.8 Å². The molecule has 10 heteroatoms. The third-order valence-corrected chi connectivity index (χ3v) is 5.02. The van der Waals surface area contributed by atoms with Crippen LogP contribution in [0.2, 0.25) is 0 Å². The molecule has 0 unspecified atom stereocenters. The van der Waals surface area contributed by atoms with Crippen molar-refractivity contribution in [3.05, 3.63) is 18.2 Å². The number of aliphatic imine (C=N–C) groups is 1. The van der Waals surface area contributed by atoms with Crippen molar-refractivity contribution in [1.82, 2.24) is 10.2 Å². The molecule has 0 aliphatic carbocycles. The van der Waals surface area contributed by atoms with Gasteiger partial charge in [-0.2, -0.15) is 0 Å². The van der Waals surface area contributed by atoms with E-state index in [9.17, 15) is 9.59 Å². The Kier molecular flexibility index (Phi) is 7.13. The number of nitrogens with zero attached hydrogens (tertiary/aromatic N) is 3. The maximum absolute atomic E-state index is 13.1.